The molecule has 4 nitrogen and oxygen atoms in total. The van der Waals surface area contributed by atoms with Crippen LogP contribution in [0.1, 0.15) is 15.9 Å². The van der Waals surface area contributed by atoms with Gasteiger partial charge in [0, 0.05) is 31.7 Å². The SMILES string of the molecule is Cc1ccc(C(=O)N2CCN(c3nc4ccccc4s3)CC2)cc1. The van der Waals surface area contributed by atoms with Gasteiger partial charge in [0.2, 0.25) is 0 Å². The molecule has 0 bridgehead atoms. The van der Waals surface area contributed by atoms with Gasteiger partial charge in [-0.15, -0.1) is 0 Å². The molecule has 1 aromatic heterocycles. The summed E-state index contributed by atoms with van der Waals surface area (Å²) >= 11 is 1.72. The van der Waals surface area contributed by atoms with Crippen LogP contribution in [0.3, 0.4) is 0 Å². The first kappa shape index (κ1) is 15.1. The molecule has 1 saturated heterocycles. The molecule has 2 heterocycles. The van der Waals surface area contributed by atoms with E-state index in [-0.39, 0.29) is 5.91 Å². The molecule has 0 N–H and O–H groups in total. The van der Waals surface area contributed by atoms with Gasteiger partial charge in [-0.05, 0) is 31.2 Å². The number of hydrogen-bond acceptors (Lipinski definition) is 4. The number of amides is 1. The molecule has 122 valence electrons. The molecule has 5 heteroatoms. The third kappa shape index (κ3) is 2.87. The molecule has 24 heavy (non-hydrogen) atoms. The van der Waals surface area contributed by atoms with E-state index < -0.39 is 0 Å². The Kier molecular flexibility index (Phi) is 3.94. The highest BCUT2D eigenvalue weighted by atomic mass is 32.1. The van der Waals surface area contributed by atoms with E-state index in [9.17, 15) is 4.79 Å². The highest BCUT2D eigenvalue weighted by Crippen LogP contribution is 2.29. The normalized spacial score (nSPS) is 15.0. The summed E-state index contributed by atoms with van der Waals surface area (Å²) < 4.78 is 1.21. The van der Waals surface area contributed by atoms with Crippen molar-refractivity contribution in [2.24, 2.45) is 0 Å². The van der Waals surface area contributed by atoms with Crippen molar-refractivity contribution >= 4 is 32.6 Å². The number of aromatic nitrogens is 1. The van der Waals surface area contributed by atoms with Crippen molar-refractivity contribution in [3.8, 4) is 0 Å². The molecule has 0 saturated carbocycles. The molecule has 2 aromatic carbocycles. The van der Waals surface area contributed by atoms with Crippen LogP contribution in [0, 0.1) is 6.92 Å². The lowest BCUT2D eigenvalue weighted by molar-refractivity contribution is 0.0747. The molecule has 1 fully saturated rings. The van der Waals surface area contributed by atoms with Crippen molar-refractivity contribution in [1.82, 2.24) is 9.88 Å². The third-order valence-electron chi connectivity index (χ3n) is 4.42. The Labute approximate surface area is 145 Å². The Morgan fingerprint density at radius 1 is 1.00 bits per heavy atom. The first-order valence-electron chi connectivity index (χ1n) is 8.17. The van der Waals surface area contributed by atoms with Gasteiger partial charge in [-0.1, -0.05) is 41.2 Å². The highest BCUT2D eigenvalue weighted by Gasteiger charge is 2.23. The summed E-state index contributed by atoms with van der Waals surface area (Å²) in [4.78, 5) is 21.5. The van der Waals surface area contributed by atoms with Crippen LogP contribution in [0.2, 0.25) is 0 Å². The minimum Gasteiger partial charge on any atom is -0.345 e. The largest absolute Gasteiger partial charge is 0.345 e. The fraction of sp³-hybridized carbons (Fsp3) is 0.263. The fourth-order valence-corrected chi connectivity index (χ4v) is 3.99. The quantitative estimate of drug-likeness (QED) is 0.717. The Hall–Kier alpha value is -2.40. The van der Waals surface area contributed by atoms with E-state index in [4.69, 9.17) is 4.98 Å². The molecule has 0 unspecified atom stereocenters. The molecular weight excluding hydrogens is 318 g/mol. The first-order valence-corrected chi connectivity index (χ1v) is 8.99. The topological polar surface area (TPSA) is 36.4 Å². The number of rotatable bonds is 2. The Bertz CT molecular complexity index is 831. The van der Waals surface area contributed by atoms with Gasteiger partial charge in [0.25, 0.3) is 5.91 Å². The molecule has 1 aliphatic rings. The van der Waals surface area contributed by atoms with Crippen LogP contribution in [0.5, 0.6) is 0 Å². The summed E-state index contributed by atoms with van der Waals surface area (Å²) in [6, 6.07) is 16.0. The summed E-state index contributed by atoms with van der Waals surface area (Å²) in [7, 11) is 0. The zero-order valence-corrected chi connectivity index (χ0v) is 14.4. The van der Waals surface area contributed by atoms with E-state index in [0.717, 1.165) is 42.4 Å². The van der Waals surface area contributed by atoms with Gasteiger partial charge < -0.3 is 9.80 Å². The van der Waals surface area contributed by atoms with Crippen LogP contribution in [0.4, 0.5) is 5.13 Å². The van der Waals surface area contributed by atoms with Crippen molar-refractivity contribution in [2.45, 2.75) is 6.92 Å². The lowest BCUT2D eigenvalue weighted by Gasteiger charge is -2.34. The molecule has 0 aliphatic carbocycles. The maximum Gasteiger partial charge on any atom is 0.253 e. The smallest absolute Gasteiger partial charge is 0.253 e. The molecular formula is C19H19N3OS. The van der Waals surface area contributed by atoms with Gasteiger partial charge in [0.15, 0.2) is 5.13 Å². The molecule has 3 aromatic rings. The number of carbonyl (C=O) groups excluding carboxylic acids is 1. The summed E-state index contributed by atoms with van der Waals surface area (Å²) in [5.74, 6) is 0.124. The standard InChI is InChI=1S/C19H19N3OS/c1-14-6-8-15(9-7-14)18(23)21-10-12-22(13-11-21)19-20-16-4-2-3-5-17(16)24-19/h2-9H,10-13H2,1H3. The monoisotopic (exact) mass is 337 g/mol. The molecule has 1 aliphatic heterocycles. The van der Waals surface area contributed by atoms with Crippen LogP contribution in [0.25, 0.3) is 10.2 Å². The second-order valence-corrected chi connectivity index (χ2v) is 7.12. The van der Waals surface area contributed by atoms with Gasteiger partial charge in [0.1, 0.15) is 0 Å². The number of piperazine rings is 1. The second kappa shape index (κ2) is 6.24. The van der Waals surface area contributed by atoms with Gasteiger partial charge in [-0.2, -0.15) is 0 Å². The molecule has 0 radical (unpaired) electrons. The summed E-state index contributed by atoms with van der Waals surface area (Å²) in [5.41, 5.74) is 3.00. The Morgan fingerprint density at radius 3 is 2.42 bits per heavy atom. The average Bonchev–Trinajstić information content (AvgIpc) is 3.06. The van der Waals surface area contributed by atoms with Crippen LogP contribution >= 0.6 is 11.3 Å². The van der Waals surface area contributed by atoms with Crippen molar-refractivity contribution in [2.75, 3.05) is 31.1 Å². The first-order chi connectivity index (χ1) is 11.7. The van der Waals surface area contributed by atoms with Crippen molar-refractivity contribution in [1.29, 1.82) is 0 Å². The Morgan fingerprint density at radius 2 is 1.71 bits per heavy atom. The van der Waals surface area contributed by atoms with E-state index in [2.05, 4.69) is 11.0 Å². The summed E-state index contributed by atoms with van der Waals surface area (Å²) in [5, 5.41) is 1.05. The van der Waals surface area contributed by atoms with E-state index in [0.29, 0.717) is 0 Å². The minimum absolute atomic E-state index is 0.124. The maximum absolute atomic E-state index is 12.6. The van der Waals surface area contributed by atoms with Crippen molar-refractivity contribution < 1.29 is 4.79 Å². The maximum atomic E-state index is 12.6. The lowest BCUT2D eigenvalue weighted by Crippen LogP contribution is -2.48. The predicted octanol–water partition coefficient (Wildman–Crippen LogP) is 3.57. The van der Waals surface area contributed by atoms with E-state index in [1.807, 2.05) is 54.3 Å². The van der Waals surface area contributed by atoms with Crippen molar-refractivity contribution in [3.05, 3.63) is 59.7 Å². The van der Waals surface area contributed by atoms with Gasteiger partial charge in [-0.25, -0.2) is 4.98 Å². The van der Waals surface area contributed by atoms with E-state index >= 15 is 0 Å². The zero-order chi connectivity index (χ0) is 16.5. The predicted molar refractivity (Wildman–Crippen MR) is 98.9 cm³/mol. The molecule has 1 amide bonds. The zero-order valence-electron chi connectivity index (χ0n) is 13.6. The van der Waals surface area contributed by atoms with E-state index in [1.165, 1.54) is 10.3 Å². The number of hydrogen-bond donors (Lipinski definition) is 0. The van der Waals surface area contributed by atoms with Crippen LogP contribution < -0.4 is 4.90 Å². The van der Waals surface area contributed by atoms with Crippen LogP contribution in [0.15, 0.2) is 48.5 Å². The lowest BCUT2D eigenvalue weighted by atomic mass is 10.1. The minimum atomic E-state index is 0.124. The highest BCUT2D eigenvalue weighted by molar-refractivity contribution is 7.22. The Balaban J connectivity index is 1.44. The van der Waals surface area contributed by atoms with Crippen LogP contribution in [-0.2, 0) is 0 Å². The molecule has 4 rings (SSSR count). The third-order valence-corrected chi connectivity index (χ3v) is 5.52. The van der Waals surface area contributed by atoms with Gasteiger partial charge in [-0.3, -0.25) is 4.79 Å². The van der Waals surface area contributed by atoms with Crippen molar-refractivity contribution in [3.63, 3.8) is 0 Å². The molecule has 0 atom stereocenters. The summed E-state index contributed by atoms with van der Waals surface area (Å²) in [6.45, 7) is 5.17. The van der Waals surface area contributed by atoms with Crippen LogP contribution in [-0.4, -0.2) is 42.0 Å². The van der Waals surface area contributed by atoms with E-state index in [1.54, 1.807) is 11.3 Å². The number of carbonyl (C=O) groups is 1. The van der Waals surface area contributed by atoms with Gasteiger partial charge >= 0.3 is 0 Å². The number of para-hydroxylation sites is 1. The number of nitrogens with zero attached hydrogens (tertiary/aromatic N) is 3. The number of anilines is 1. The molecule has 0 spiro atoms. The van der Waals surface area contributed by atoms with Gasteiger partial charge in [0.05, 0.1) is 10.2 Å². The average molecular weight is 337 g/mol. The second-order valence-electron chi connectivity index (χ2n) is 6.11. The number of aryl methyl sites for hydroxylation is 1. The number of benzene rings is 2. The fourth-order valence-electron chi connectivity index (χ4n) is 2.97. The number of thiazole rings is 1. The summed E-state index contributed by atoms with van der Waals surface area (Å²) in [6.07, 6.45) is 0. The number of fused-ring (bicyclic) bond motifs is 1.